The molecule has 0 spiro atoms. The third-order valence-electron chi connectivity index (χ3n) is 5.05. The van der Waals surface area contributed by atoms with Gasteiger partial charge in [-0.3, -0.25) is 0 Å². The van der Waals surface area contributed by atoms with Gasteiger partial charge in [0.15, 0.2) is 0 Å². The molecule has 1 aromatic heterocycles. The van der Waals surface area contributed by atoms with E-state index in [1.165, 1.54) is 10.9 Å². The van der Waals surface area contributed by atoms with Crippen LogP contribution in [0.1, 0.15) is 28.8 Å². The molecule has 1 unspecified atom stereocenters. The van der Waals surface area contributed by atoms with Crippen molar-refractivity contribution in [1.82, 2.24) is 9.71 Å². The summed E-state index contributed by atoms with van der Waals surface area (Å²) in [4.78, 5) is 3.84. The van der Waals surface area contributed by atoms with Gasteiger partial charge in [-0.2, -0.15) is 0 Å². The number of sulfonamides is 1. The molecule has 4 rings (SSSR count). The highest BCUT2D eigenvalue weighted by atomic mass is 32.2. The van der Waals surface area contributed by atoms with E-state index in [0.29, 0.717) is 11.3 Å². The lowest BCUT2D eigenvalue weighted by Gasteiger charge is -2.24. The molecule has 0 saturated heterocycles. The van der Waals surface area contributed by atoms with Gasteiger partial charge in [-0.25, -0.2) is 13.1 Å². The first-order valence-electron chi connectivity index (χ1n) is 8.62. The van der Waals surface area contributed by atoms with Gasteiger partial charge < -0.3 is 4.98 Å². The van der Waals surface area contributed by atoms with Crippen LogP contribution >= 0.6 is 0 Å². The van der Waals surface area contributed by atoms with E-state index in [1.54, 1.807) is 6.07 Å². The summed E-state index contributed by atoms with van der Waals surface area (Å²) in [6, 6.07) is 13.7. The number of rotatable bonds is 3. The van der Waals surface area contributed by atoms with Crippen molar-refractivity contribution in [3.8, 4) is 0 Å². The lowest BCUT2D eigenvalue weighted by molar-refractivity contribution is 0.505. The molecule has 0 fully saturated rings. The quantitative estimate of drug-likeness (QED) is 0.755. The Morgan fingerprint density at radius 3 is 2.76 bits per heavy atom. The van der Waals surface area contributed by atoms with Gasteiger partial charge >= 0.3 is 0 Å². The third-order valence-corrected chi connectivity index (χ3v) is 6.71. The summed E-state index contributed by atoms with van der Waals surface area (Å²) in [6.45, 7) is 3.75. The fraction of sp³-hybridized carbons (Fsp3) is 0.300. The van der Waals surface area contributed by atoms with E-state index in [1.807, 2.05) is 38.1 Å². The summed E-state index contributed by atoms with van der Waals surface area (Å²) in [6.07, 6.45) is 2.41. The van der Waals surface area contributed by atoms with Crippen LogP contribution in [-0.4, -0.2) is 19.4 Å². The van der Waals surface area contributed by atoms with Crippen LogP contribution in [0.15, 0.2) is 47.4 Å². The molecular formula is C20H22N2O2S. The molecule has 0 radical (unpaired) electrons. The maximum absolute atomic E-state index is 12.8. The molecule has 1 heterocycles. The number of aromatic nitrogens is 1. The number of para-hydroxylation sites is 1. The average molecular weight is 354 g/mol. The zero-order chi connectivity index (χ0) is 17.6. The largest absolute Gasteiger partial charge is 0.358 e. The first-order chi connectivity index (χ1) is 11.9. The summed E-state index contributed by atoms with van der Waals surface area (Å²) in [7, 11) is -3.51. The fourth-order valence-electron chi connectivity index (χ4n) is 3.76. The highest BCUT2D eigenvalue weighted by Gasteiger charge is 2.27. The molecule has 2 aromatic carbocycles. The molecular weight excluding hydrogens is 332 g/mol. The Hall–Kier alpha value is -2.11. The minimum Gasteiger partial charge on any atom is -0.358 e. The van der Waals surface area contributed by atoms with Gasteiger partial charge in [-0.15, -0.1) is 0 Å². The van der Waals surface area contributed by atoms with Gasteiger partial charge in [0.2, 0.25) is 10.0 Å². The number of benzene rings is 2. The third kappa shape index (κ3) is 2.98. The van der Waals surface area contributed by atoms with Gasteiger partial charge in [0.25, 0.3) is 0 Å². The molecule has 130 valence electrons. The van der Waals surface area contributed by atoms with Crippen molar-refractivity contribution in [2.24, 2.45) is 0 Å². The molecule has 0 bridgehead atoms. The molecule has 1 aliphatic rings. The van der Waals surface area contributed by atoms with Crippen LogP contribution in [0.2, 0.25) is 0 Å². The highest BCUT2D eigenvalue weighted by Crippen LogP contribution is 2.29. The van der Waals surface area contributed by atoms with Gasteiger partial charge in [-0.05, 0) is 55.5 Å². The molecule has 1 atom stereocenters. The predicted octanol–water partition coefficient (Wildman–Crippen LogP) is 3.62. The molecule has 25 heavy (non-hydrogen) atoms. The van der Waals surface area contributed by atoms with Crippen molar-refractivity contribution < 1.29 is 8.42 Å². The van der Waals surface area contributed by atoms with Crippen LogP contribution in [0, 0.1) is 13.8 Å². The Bertz CT molecular complexity index is 1050. The topological polar surface area (TPSA) is 62.0 Å². The van der Waals surface area contributed by atoms with Crippen molar-refractivity contribution in [1.29, 1.82) is 0 Å². The first-order valence-corrected chi connectivity index (χ1v) is 10.1. The Balaban J connectivity index is 1.61. The van der Waals surface area contributed by atoms with Crippen LogP contribution in [0.5, 0.6) is 0 Å². The zero-order valence-corrected chi connectivity index (χ0v) is 15.3. The van der Waals surface area contributed by atoms with Crippen molar-refractivity contribution in [3.05, 3.63) is 64.8 Å². The molecule has 1 aliphatic carbocycles. The van der Waals surface area contributed by atoms with Crippen molar-refractivity contribution in [2.75, 3.05) is 0 Å². The number of aromatic amines is 1. The predicted molar refractivity (Wildman–Crippen MR) is 100 cm³/mol. The normalized spacial score (nSPS) is 17.6. The van der Waals surface area contributed by atoms with Crippen molar-refractivity contribution >= 4 is 20.9 Å². The second-order valence-corrected chi connectivity index (χ2v) is 8.64. The Morgan fingerprint density at radius 2 is 1.92 bits per heavy atom. The van der Waals surface area contributed by atoms with Gasteiger partial charge in [0.05, 0.1) is 4.90 Å². The molecule has 5 heteroatoms. The monoisotopic (exact) mass is 354 g/mol. The number of nitrogens with one attached hydrogen (secondary N) is 2. The van der Waals surface area contributed by atoms with Gasteiger partial charge in [0, 0.05) is 29.1 Å². The van der Waals surface area contributed by atoms with Crippen molar-refractivity contribution in [3.63, 3.8) is 0 Å². The Kier molecular flexibility index (Phi) is 3.93. The van der Waals surface area contributed by atoms with E-state index in [2.05, 4.69) is 21.8 Å². The summed E-state index contributed by atoms with van der Waals surface area (Å²) in [5.74, 6) is 0. The molecule has 0 amide bonds. The lowest BCUT2D eigenvalue weighted by atomic mass is 9.92. The molecule has 4 nitrogen and oxygen atoms in total. The summed E-state index contributed by atoms with van der Waals surface area (Å²) >= 11 is 0. The van der Waals surface area contributed by atoms with Crippen LogP contribution in [0.4, 0.5) is 0 Å². The Morgan fingerprint density at radius 1 is 1.12 bits per heavy atom. The smallest absolute Gasteiger partial charge is 0.241 e. The van der Waals surface area contributed by atoms with E-state index >= 15 is 0 Å². The van der Waals surface area contributed by atoms with Crippen LogP contribution in [0.25, 0.3) is 10.9 Å². The van der Waals surface area contributed by atoms with Crippen LogP contribution in [-0.2, 0) is 22.9 Å². The van der Waals surface area contributed by atoms with E-state index in [0.717, 1.165) is 35.2 Å². The standard InChI is InChI=1S/C20H22N2O2S/c1-13-7-8-14(2)20(11-13)25(23,24)22-15-9-10-17-16-5-3-4-6-18(16)21-19(17)12-15/h3-8,11,15,21-22H,9-10,12H2,1-2H3. The second-order valence-electron chi connectivity index (χ2n) is 6.96. The SMILES string of the molecule is Cc1ccc(C)c(S(=O)(=O)NC2CCc3c([nH]c4ccccc34)C2)c1. The first kappa shape index (κ1) is 16.4. The average Bonchev–Trinajstić information content (AvgIpc) is 2.94. The van der Waals surface area contributed by atoms with E-state index in [-0.39, 0.29) is 6.04 Å². The number of hydrogen-bond donors (Lipinski definition) is 2. The maximum Gasteiger partial charge on any atom is 0.241 e. The maximum atomic E-state index is 12.8. The zero-order valence-electron chi connectivity index (χ0n) is 14.5. The number of aryl methyl sites for hydroxylation is 3. The molecule has 0 saturated carbocycles. The fourth-order valence-corrected chi connectivity index (χ4v) is 5.36. The highest BCUT2D eigenvalue weighted by molar-refractivity contribution is 7.89. The lowest BCUT2D eigenvalue weighted by Crippen LogP contribution is -2.39. The summed E-state index contributed by atoms with van der Waals surface area (Å²) in [5, 5.41) is 1.26. The molecule has 0 aliphatic heterocycles. The second kappa shape index (κ2) is 6.00. The molecule has 3 aromatic rings. The minimum atomic E-state index is -3.51. The Labute approximate surface area is 148 Å². The van der Waals surface area contributed by atoms with Gasteiger partial charge in [0.1, 0.15) is 0 Å². The van der Waals surface area contributed by atoms with Crippen molar-refractivity contribution in [2.45, 2.75) is 44.0 Å². The van der Waals surface area contributed by atoms with E-state index in [9.17, 15) is 8.42 Å². The van der Waals surface area contributed by atoms with Crippen LogP contribution in [0.3, 0.4) is 0 Å². The van der Waals surface area contributed by atoms with Crippen LogP contribution < -0.4 is 4.72 Å². The minimum absolute atomic E-state index is 0.0783. The van der Waals surface area contributed by atoms with E-state index in [4.69, 9.17) is 0 Å². The number of H-pyrrole nitrogens is 1. The number of fused-ring (bicyclic) bond motifs is 3. The van der Waals surface area contributed by atoms with E-state index < -0.39 is 10.0 Å². The summed E-state index contributed by atoms with van der Waals surface area (Å²) in [5.41, 5.74) is 5.34. The summed E-state index contributed by atoms with van der Waals surface area (Å²) < 4.78 is 28.6. The molecule has 2 N–H and O–H groups in total. The van der Waals surface area contributed by atoms with Gasteiger partial charge in [-0.1, -0.05) is 30.3 Å². The number of hydrogen-bond acceptors (Lipinski definition) is 2.